The summed E-state index contributed by atoms with van der Waals surface area (Å²) in [5.41, 5.74) is 3.26. The third-order valence-electron chi connectivity index (χ3n) is 5.46. The predicted molar refractivity (Wildman–Crippen MR) is 124 cm³/mol. The molecule has 0 atom stereocenters. The second kappa shape index (κ2) is 9.99. The predicted octanol–water partition coefficient (Wildman–Crippen LogP) is 3.42. The van der Waals surface area contributed by atoms with E-state index >= 15 is 0 Å². The standard InChI is InChI=1S/C24H25N5O4/c1-32-21-9-5-17(6-10-21)19-15-25-23(26-16-19)27-20-7-3-18(4-8-20)22(30)28-11-13-29(14-12-28)24(31)33-2/h3-10,15-16H,11-14H2,1-2H3,(H,25,26,27). The summed E-state index contributed by atoms with van der Waals surface area (Å²) in [6.07, 6.45) is 3.14. The van der Waals surface area contributed by atoms with Gasteiger partial charge in [0.05, 0.1) is 14.2 Å². The zero-order chi connectivity index (χ0) is 23.2. The molecule has 33 heavy (non-hydrogen) atoms. The molecule has 1 saturated heterocycles. The van der Waals surface area contributed by atoms with E-state index in [-0.39, 0.29) is 12.0 Å². The highest BCUT2D eigenvalue weighted by molar-refractivity contribution is 5.94. The lowest BCUT2D eigenvalue weighted by Gasteiger charge is -2.33. The molecule has 4 rings (SSSR count). The molecule has 0 unspecified atom stereocenters. The summed E-state index contributed by atoms with van der Waals surface area (Å²) in [6.45, 7) is 1.87. The Morgan fingerprint density at radius 2 is 1.42 bits per heavy atom. The maximum atomic E-state index is 12.8. The lowest BCUT2D eigenvalue weighted by molar-refractivity contribution is 0.0599. The summed E-state index contributed by atoms with van der Waals surface area (Å²) >= 11 is 0. The van der Waals surface area contributed by atoms with Crippen molar-refractivity contribution in [2.45, 2.75) is 0 Å². The van der Waals surface area contributed by atoms with Crippen molar-refractivity contribution in [1.82, 2.24) is 19.8 Å². The van der Waals surface area contributed by atoms with Crippen molar-refractivity contribution < 1.29 is 19.1 Å². The molecule has 2 aromatic carbocycles. The zero-order valence-electron chi connectivity index (χ0n) is 18.5. The fourth-order valence-electron chi connectivity index (χ4n) is 3.55. The van der Waals surface area contributed by atoms with Crippen LogP contribution in [0, 0.1) is 0 Å². The minimum Gasteiger partial charge on any atom is -0.497 e. The van der Waals surface area contributed by atoms with Gasteiger partial charge in [0.25, 0.3) is 5.91 Å². The van der Waals surface area contributed by atoms with Gasteiger partial charge in [0, 0.05) is 55.4 Å². The molecule has 0 spiro atoms. The smallest absolute Gasteiger partial charge is 0.409 e. The first-order valence-corrected chi connectivity index (χ1v) is 10.5. The molecule has 3 aromatic rings. The number of rotatable bonds is 5. The van der Waals surface area contributed by atoms with Crippen LogP contribution < -0.4 is 10.1 Å². The number of carbonyl (C=O) groups is 2. The number of carbonyl (C=O) groups excluding carboxylic acids is 2. The Kier molecular flexibility index (Phi) is 6.68. The monoisotopic (exact) mass is 447 g/mol. The third kappa shape index (κ3) is 5.20. The number of ether oxygens (including phenoxy) is 2. The molecule has 170 valence electrons. The lowest BCUT2D eigenvalue weighted by Crippen LogP contribution is -2.50. The highest BCUT2D eigenvalue weighted by Gasteiger charge is 2.25. The van der Waals surface area contributed by atoms with Crippen LogP contribution in [0.4, 0.5) is 16.4 Å². The Bertz CT molecular complexity index is 1090. The molecular formula is C24H25N5O4. The van der Waals surface area contributed by atoms with Crippen LogP contribution in [0.5, 0.6) is 5.75 Å². The van der Waals surface area contributed by atoms with Gasteiger partial charge in [-0.3, -0.25) is 4.79 Å². The minimum atomic E-state index is -0.364. The van der Waals surface area contributed by atoms with E-state index in [2.05, 4.69) is 15.3 Å². The normalized spacial score (nSPS) is 13.4. The van der Waals surface area contributed by atoms with E-state index in [4.69, 9.17) is 9.47 Å². The summed E-state index contributed by atoms with van der Waals surface area (Å²) in [6, 6.07) is 14.9. The summed E-state index contributed by atoms with van der Waals surface area (Å²) in [5, 5.41) is 3.15. The number of hydrogen-bond donors (Lipinski definition) is 1. The summed E-state index contributed by atoms with van der Waals surface area (Å²) in [4.78, 5) is 36.5. The van der Waals surface area contributed by atoms with Gasteiger partial charge in [-0.25, -0.2) is 14.8 Å². The van der Waals surface area contributed by atoms with Crippen LogP contribution in [0.25, 0.3) is 11.1 Å². The molecular weight excluding hydrogens is 422 g/mol. The van der Waals surface area contributed by atoms with Crippen LogP contribution >= 0.6 is 0 Å². The van der Waals surface area contributed by atoms with Crippen LogP contribution in [-0.2, 0) is 4.74 Å². The first-order chi connectivity index (χ1) is 16.1. The minimum absolute atomic E-state index is 0.0637. The zero-order valence-corrected chi connectivity index (χ0v) is 18.5. The molecule has 0 bridgehead atoms. The van der Waals surface area contributed by atoms with Gasteiger partial charge in [-0.2, -0.15) is 0 Å². The van der Waals surface area contributed by atoms with E-state index in [1.165, 1.54) is 7.11 Å². The number of nitrogens with one attached hydrogen (secondary N) is 1. The quantitative estimate of drug-likeness (QED) is 0.640. The molecule has 2 heterocycles. The average Bonchev–Trinajstić information content (AvgIpc) is 2.89. The van der Waals surface area contributed by atoms with Crippen molar-refractivity contribution in [3.05, 3.63) is 66.5 Å². The topological polar surface area (TPSA) is 96.9 Å². The van der Waals surface area contributed by atoms with Crippen LogP contribution in [0.2, 0.25) is 0 Å². The highest BCUT2D eigenvalue weighted by atomic mass is 16.5. The van der Waals surface area contributed by atoms with E-state index in [1.54, 1.807) is 41.4 Å². The van der Waals surface area contributed by atoms with E-state index in [0.29, 0.717) is 37.7 Å². The number of nitrogens with zero attached hydrogens (tertiary/aromatic N) is 4. The van der Waals surface area contributed by atoms with Gasteiger partial charge >= 0.3 is 6.09 Å². The van der Waals surface area contributed by atoms with Gasteiger partial charge in [0.1, 0.15) is 5.75 Å². The first kappa shape index (κ1) is 22.1. The number of amides is 2. The number of aromatic nitrogens is 2. The van der Waals surface area contributed by atoms with Crippen molar-refractivity contribution in [3.63, 3.8) is 0 Å². The molecule has 1 aliphatic heterocycles. The third-order valence-corrected chi connectivity index (χ3v) is 5.46. The summed E-state index contributed by atoms with van der Waals surface area (Å²) in [7, 11) is 2.99. The number of piperazine rings is 1. The molecule has 1 fully saturated rings. The molecule has 0 aliphatic carbocycles. The molecule has 1 N–H and O–H groups in total. The van der Waals surface area contributed by atoms with Crippen LogP contribution in [-0.4, -0.2) is 72.2 Å². The Labute approximate surface area is 192 Å². The Morgan fingerprint density at radius 1 is 0.818 bits per heavy atom. The highest BCUT2D eigenvalue weighted by Crippen LogP contribution is 2.22. The maximum Gasteiger partial charge on any atom is 0.409 e. The molecule has 2 amide bonds. The van der Waals surface area contributed by atoms with Crippen LogP contribution in [0.15, 0.2) is 60.9 Å². The fraction of sp³-hybridized carbons (Fsp3) is 0.250. The van der Waals surface area contributed by atoms with Gasteiger partial charge in [-0.1, -0.05) is 12.1 Å². The van der Waals surface area contributed by atoms with Crippen LogP contribution in [0.3, 0.4) is 0 Å². The molecule has 1 aliphatic rings. The first-order valence-electron chi connectivity index (χ1n) is 10.5. The maximum absolute atomic E-state index is 12.8. The Morgan fingerprint density at radius 3 is 2.00 bits per heavy atom. The second-order valence-electron chi connectivity index (χ2n) is 7.48. The number of hydrogen-bond acceptors (Lipinski definition) is 7. The second-order valence-corrected chi connectivity index (χ2v) is 7.48. The number of methoxy groups -OCH3 is 2. The Balaban J connectivity index is 1.34. The van der Waals surface area contributed by atoms with Crippen molar-refractivity contribution in [1.29, 1.82) is 0 Å². The average molecular weight is 447 g/mol. The van der Waals surface area contributed by atoms with Crippen LogP contribution in [0.1, 0.15) is 10.4 Å². The van der Waals surface area contributed by atoms with Crippen molar-refractivity contribution in [2.75, 3.05) is 45.7 Å². The molecule has 0 radical (unpaired) electrons. The number of anilines is 2. The largest absolute Gasteiger partial charge is 0.497 e. The van der Waals surface area contributed by atoms with E-state index in [9.17, 15) is 9.59 Å². The van der Waals surface area contributed by atoms with Gasteiger partial charge in [0.15, 0.2) is 0 Å². The van der Waals surface area contributed by atoms with E-state index in [1.807, 2.05) is 36.4 Å². The molecule has 0 saturated carbocycles. The Hall–Kier alpha value is -4.14. The van der Waals surface area contributed by atoms with E-state index in [0.717, 1.165) is 22.6 Å². The number of benzene rings is 2. The summed E-state index contributed by atoms with van der Waals surface area (Å²) < 4.78 is 9.91. The van der Waals surface area contributed by atoms with E-state index < -0.39 is 0 Å². The molecule has 9 heteroatoms. The van der Waals surface area contributed by atoms with Crippen molar-refractivity contribution >= 4 is 23.6 Å². The van der Waals surface area contributed by atoms with Gasteiger partial charge in [-0.05, 0) is 42.0 Å². The fourth-order valence-corrected chi connectivity index (χ4v) is 3.55. The summed E-state index contributed by atoms with van der Waals surface area (Å²) in [5.74, 6) is 1.19. The lowest BCUT2D eigenvalue weighted by atomic mass is 10.1. The van der Waals surface area contributed by atoms with Gasteiger partial charge < -0.3 is 24.6 Å². The van der Waals surface area contributed by atoms with Crippen molar-refractivity contribution in [3.8, 4) is 16.9 Å². The molecule has 9 nitrogen and oxygen atoms in total. The van der Waals surface area contributed by atoms with Gasteiger partial charge in [-0.15, -0.1) is 0 Å². The van der Waals surface area contributed by atoms with Crippen molar-refractivity contribution in [2.24, 2.45) is 0 Å². The van der Waals surface area contributed by atoms with Gasteiger partial charge in [0.2, 0.25) is 5.95 Å². The molecule has 1 aromatic heterocycles. The SMILES string of the molecule is COC(=O)N1CCN(C(=O)c2ccc(Nc3ncc(-c4ccc(OC)cc4)cn3)cc2)CC1.